The van der Waals surface area contributed by atoms with Crippen LogP contribution in [0.15, 0.2) is 12.4 Å². The van der Waals surface area contributed by atoms with E-state index in [0.717, 1.165) is 12.3 Å². The molecule has 4 heteroatoms. The van der Waals surface area contributed by atoms with Gasteiger partial charge < -0.3 is 5.73 Å². The molecule has 0 aromatic carbocycles. The Balaban J connectivity index is 2.17. The summed E-state index contributed by atoms with van der Waals surface area (Å²) in [6.45, 7) is 6.83. The molecule has 1 aromatic rings. The van der Waals surface area contributed by atoms with Crippen LogP contribution in [0, 0.1) is 5.92 Å². The number of nitrogens with two attached hydrogens (primary N) is 1. The molecule has 2 rings (SSSR count). The molecule has 0 saturated carbocycles. The zero-order chi connectivity index (χ0) is 13.8. The smallest absolute Gasteiger partial charge is 0.0538 e. The maximum absolute atomic E-state index is 6.40. The first-order valence-electron chi connectivity index (χ1n) is 7.63. The van der Waals surface area contributed by atoms with E-state index in [9.17, 15) is 0 Å². The lowest BCUT2D eigenvalue weighted by molar-refractivity contribution is 0.104. The van der Waals surface area contributed by atoms with Gasteiger partial charge in [-0.3, -0.25) is 9.58 Å². The van der Waals surface area contributed by atoms with Crippen LogP contribution in [0.3, 0.4) is 0 Å². The summed E-state index contributed by atoms with van der Waals surface area (Å²) in [5, 5.41) is 4.32. The van der Waals surface area contributed by atoms with Crippen LogP contribution in [0.2, 0.25) is 0 Å². The molecule has 1 aliphatic heterocycles. The van der Waals surface area contributed by atoms with E-state index in [0.29, 0.717) is 6.04 Å². The normalized spacial score (nSPS) is 24.3. The average molecular weight is 264 g/mol. The highest BCUT2D eigenvalue weighted by atomic mass is 15.3. The van der Waals surface area contributed by atoms with Gasteiger partial charge in [0, 0.05) is 31.4 Å². The predicted octanol–water partition coefficient (Wildman–Crippen LogP) is 2.32. The third-order valence-corrected chi connectivity index (χ3v) is 4.46. The summed E-state index contributed by atoms with van der Waals surface area (Å²) in [6, 6.07) is 0.521. The fraction of sp³-hybridized carbons (Fsp3) is 0.800. The van der Waals surface area contributed by atoms with Crippen LogP contribution >= 0.6 is 0 Å². The van der Waals surface area contributed by atoms with E-state index in [1.165, 1.54) is 37.9 Å². The minimum absolute atomic E-state index is 0.194. The Morgan fingerprint density at radius 2 is 2.26 bits per heavy atom. The summed E-state index contributed by atoms with van der Waals surface area (Å²) in [6.07, 6.45) is 9.05. The molecule has 2 heterocycles. The van der Waals surface area contributed by atoms with Gasteiger partial charge in [0.05, 0.1) is 12.2 Å². The van der Waals surface area contributed by atoms with E-state index in [2.05, 4.69) is 30.0 Å². The van der Waals surface area contributed by atoms with Gasteiger partial charge in [-0.15, -0.1) is 0 Å². The number of hydrogen-bond acceptors (Lipinski definition) is 3. The summed E-state index contributed by atoms with van der Waals surface area (Å²) in [5.74, 6) is 0.831. The molecule has 1 aromatic heterocycles. The molecule has 3 unspecified atom stereocenters. The second-order valence-corrected chi connectivity index (χ2v) is 5.88. The fourth-order valence-electron chi connectivity index (χ4n) is 3.23. The molecule has 1 aliphatic rings. The molecule has 0 amide bonds. The lowest BCUT2D eigenvalue weighted by atomic mass is 9.91. The first-order valence-corrected chi connectivity index (χ1v) is 7.63. The SMILES string of the molecule is CCC1CCCN(C(c2cnn(C)c2)C(N)CC)C1. The third kappa shape index (κ3) is 3.37. The minimum Gasteiger partial charge on any atom is -0.326 e. The van der Waals surface area contributed by atoms with Gasteiger partial charge in [-0.05, 0) is 31.7 Å². The molecule has 108 valence electrons. The quantitative estimate of drug-likeness (QED) is 0.888. The van der Waals surface area contributed by atoms with E-state index in [1.807, 2.05) is 17.9 Å². The molecule has 2 N–H and O–H groups in total. The summed E-state index contributed by atoms with van der Waals surface area (Å²) < 4.78 is 1.88. The van der Waals surface area contributed by atoms with Gasteiger partial charge in [-0.2, -0.15) is 5.10 Å². The van der Waals surface area contributed by atoms with Crippen LogP contribution in [-0.4, -0.2) is 33.8 Å². The second-order valence-electron chi connectivity index (χ2n) is 5.88. The molecule has 0 bridgehead atoms. The number of rotatable bonds is 5. The van der Waals surface area contributed by atoms with E-state index < -0.39 is 0 Å². The van der Waals surface area contributed by atoms with Crippen LogP contribution in [0.5, 0.6) is 0 Å². The van der Waals surface area contributed by atoms with Crippen LogP contribution in [0.1, 0.15) is 51.1 Å². The topological polar surface area (TPSA) is 47.1 Å². The van der Waals surface area contributed by atoms with Crippen molar-refractivity contribution in [2.75, 3.05) is 13.1 Å². The molecule has 1 saturated heterocycles. The van der Waals surface area contributed by atoms with Crippen molar-refractivity contribution in [1.82, 2.24) is 14.7 Å². The van der Waals surface area contributed by atoms with Gasteiger partial charge in [0.15, 0.2) is 0 Å². The standard InChI is InChI=1S/C15H28N4/c1-4-12-7-6-8-19(10-12)15(14(16)5-2)13-9-17-18(3)11-13/h9,11-12,14-15H,4-8,10,16H2,1-3H3. The number of likely N-dealkylation sites (tertiary alicyclic amines) is 1. The highest BCUT2D eigenvalue weighted by Gasteiger charge is 2.30. The molecule has 4 nitrogen and oxygen atoms in total. The van der Waals surface area contributed by atoms with Crippen LogP contribution in [-0.2, 0) is 7.05 Å². The third-order valence-electron chi connectivity index (χ3n) is 4.46. The highest BCUT2D eigenvalue weighted by Crippen LogP contribution is 2.30. The van der Waals surface area contributed by atoms with Gasteiger partial charge in [0.2, 0.25) is 0 Å². The Labute approximate surface area is 117 Å². The molecule has 19 heavy (non-hydrogen) atoms. The Bertz CT molecular complexity index is 387. The van der Waals surface area contributed by atoms with Crippen molar-refractivity contribution in [3.05, 3.63) is 18.0 Å². The van der Waals surface area contributed by atoms with Crippen molar-refractivity contribution < 1.29 is 0 Å². The Kier molecular flexibility index (Phi) is 4.99. The average Bonchev–Trinajstić information content (AvgIpc) is 2.85. The van der Waals surface area contributed by atoms with Crippen LogP contribution in [0.25, 0.3) is 0 Å². The second kappa shape index (κ2) is 6.53. The Morgan fingerprint density at radius 1 is 1.47 bits per heavy atom. The minimum atomic E-state index is 0.194. The van der Waals surface area contributed by atoms with Gasteiger partial charge in [-0.1, -0.05) is 20.3 Å². The zero-order valence-electron chi connectivity index (χ0n) is 12.5. The van der Waals surface area contributed by atoms with Crippen molar-refractivity contribution in [1.29, 1.82) is 0 Å². The van der Waals surface area contributed by atoms with E-state index >= 15 is 0 Å². The number of piperidine rings is 1. The Hall–Kier alpha value is -0.870. The summed E-state index contributed by atoms with van der Waals surface area (Å²) in [7, 11) is 1.98. The molecule has 0 spiro atoms. The van der Waals surface area contributed by atoms with Gasteiger partial charge in [0.25, 0.3) is 0 Å². The zero-order valence-corrected chi connectivity index (χ0v) is 12.5. The summed E-state index contributed by atoms with van der Waals surface area (Å²) in [5.41, 5.74) is 7.67. The first-order chi connectivity index (χ1) is 9.15. The lowest BCUT2D eigenvalue weighted by Gasteiger charge is -2.40. The van der Waals surface area contributed by atoms with Crippen molar-refractivity contribution >= 4 is 0 Å². The fourth-order valence-corrected chi connectivity index (χ4v) is 3.23. The maximum atomic E-state index is 6.40. The molecule has 0 radical (unpaired) electrons. The summed E-state index contributed by atoms with van der Waals surface area (Å²) >= 11 is 0. The highest BCUT2D eigenvalue weighted by molar-refractivity contribution is 5.13. The predicted molar refractivity (Wildman–Crippen MR) is 78.8 cm³/mol. The molecular weight excluding hydrogens is 236 g/mol. The van der Waals surface area contributed by atoms with E-state index in [4.69, 9.17) is 5.73 Å². The van der Waals surface area contributed by atoms with E-state index in [-0.39, 0.29) is 6.04 Å². The number of aryl methyl sites for hydroxylation is 1. The van der Waals surface area contributed by atoms with E-state index in [1.54, 1.807) is 0 Å². The molecular formula is C15H28N4. The van der Waals surface area contributed by atoms with Crippen molar-refractivity contribution in [2.24, 2.45) is 18.7 Å². The Morgan fingerprint density at radius 3 is 2.84 bits per heavy atom. The largest absolute Gasteiger partial charge is 0.326 e. The number of aromatic nitrogens is 2. The molecule has 3 atom stereocenters. The van der Waals surface area contributed by atoms with Gasteiger partial charge in [-0.25, -0.2) is 0 Å². The maximum Gasteiger partial charge on any atom is 0.0538 e. The number of nitrogens with zero attached hydrogens (tertiary/aromatic N) is 3. The van der Waals surface area contributed by atoms with Crippen molar-refractivity contribution in [3.63, 3.8) is 0 Å². The molecule has 0 aliphatic carbocycles. The monoisotopic (exact) mass is 264 g/mol. The van der Waals surface area contributed by atoms with Crippen molar-refractivity contribution in [2.45, 2.75) is 51.6 Å². The van der Waals surface area contributed by atoms with Crippen LogP contribution in [0.4, 0.5) is 0 Å². The lowest BCUT2D eigenvalue weighted by Crippen LogP contribution is -2.45. The first kappa shape index (κ1) is 14.5. The molecule has 1 fully saturated rings. The van der Waals surface area contributed by atoms with Gasteiger partial charge in [0.1, 0.15) is 0 Å². The van der Waals surface area contributed by atoms with Gasteiger partial charge >= 0.3 is 0 Å². The summed E-state index contributed by atoms with van der Waals surface area (Å²) in [4.78, 5) is 2.59. The van der Waals surface area contributed by atoms with Crippen molar-refractivity contribution in [3.8, 4) is 0 Å². The van der Waals surface area contributed by atoms with Crippen LogP contribution < -0.4 is 5.73 Å². The number of hydrogen-bond donors (Lipinski definition) is 1.